The standard InChI is InChI=1S/C22H20ClN3O3/c23-14-6-3-5-13(11-14)21-18-19(16-8-1-2-9-17(16)27)24-25-20(18)22(28)26(21)12-15-7-4-10-29-15/h1-3,5-6,8-9,11,15,21,27H,4,7,10,12H2,(H,24,25)/t15-,21-/m1/s1. The highest BCUT2D eigenvalue weighted by Crippen LogP contribution is 2.45. The fourth-order valence-corrected chi connectivity index (χ4v) is 4.49. The van der Waals surface area contributed by atoms with Crippen molar-refractivity contribution in [3.8, 4) is 17.0 Å². The zero-order valence-electron chi connectivity index (χ0n) is 15.6. The predicted molar refractivity (Wildman–Crippen MR) is 109 cm³/mol. The summed E-state index contributed by atoms with van der Waals surface area (Å²) < 4.78 is 5.79. The number of aromatic hydroxyl groups is 1. The van der Waals surface area contributed by atoms with Gasteiger partial charge in [0.1, 0.15) is 17.1 Å². The lowest BCUT2D eigenvalue weighted by molar-refractivity contribution is 0.0495. The second-order valence-electron chi connectivity index (χ2n) is 7.43. The van der Waals surface area contributed by atoms with Crippen molar-refractivity contribution in [2.45, 2.75) is 25.0 Å². The number of carbonyl (C=O) groups is 1. The number of hydrogen-bond acceptors (Lipinski definition) is 4. The normalized spacial score (nSPS) is 21.0. The monoisotopic (exact) mass is 409 g/mol. The average Bonchev–Trinajstić information content (AvgIpc) is 3.42. The maximum absolute atomic E-state index is 13.3. The van der Waals surface area contributed by atoms with E-state index in [0.29, 0.717) is 28.5 Å². The molecule has 148 valence electrons. The number of fused-ring (bicyclic) bond motifs is 1. The molecule has 0 unspecified atom stereocenters. The molecule has 6 nitrogen and oxygen atoms in total. The zero-order valence-corrected chi connectivity index (χ0v) is 16.4. The molecule has 2 atom stereocenters. The molecule has 2 aliphatic heterocycles. The van der Waals surface area contributed by atoms with Crippen molar-refractivity contribution in [3.05, 3.63) is 70.4 Å². The number of benzene rings is 2. The van der Waals surface area contributed by atoms with Gasteiger partial charge in [-0.05, 0) is 42.7 Å². The summed E-state index contributed by atoms with van der Waals surface area (Å²) in [5.74, 6) is 0.00585. The van der Waals surface area contributed by atoms with Crippen molar-refractivity contribution in [1.82, 2.24) is 15.1 Å². The van der Waals surface area contributed by atoms with Gasteiger partial charge in [0.05, 0.1) is 12.1 Å². The number of nitrogens with one attached hydrogen (secondary N) is 1. The van der Waals surface area contributed by atoms with E-state index < -0.39 is 0 Å². The molecule has 2 aromatic carbocycles. The fourth-order valence-electron chi connectivity index (χ4n) is 4.30. The van der Waals surface area contributed by atoms with Crippen LogP contribution in [-0.2, 0) is 4.74 Å². The molecule has 3 aromatic rings. The Kier molecular flexibility index (Phi) is 4.53. The fraction of sp³-hybridized carbons (Fsp3) is 0.273. The van der Waals surface area contributed by atoms with Gasteiger partial charge in [-0.3, -0.25) is 9.89 Å². The predicted octanol–water partition coefficient (Wildman–Crippen LogP) is 4.16. The van der Waals surface area contributed by atoms with Gasteiger partial charge in [-0.2, -0.15) is 5.10 Å². The first kappa shape index (κ1) is 18.2. The van der Waals surface area contributed by atoms with Gasteiger partial charge >= 0.3 is 0 Å². The second kappa shape index (κ2) is 7.21. The Hall–Kier alpha value is -2.83. The minimum absolute atomic E-state index is 0.0196. The molecule has 1 saturated heterocycles. The molecule has 2 N–H and O–H groups in total. The summed E-state index contributed by atoms with van der Waals surface area (Å²) in [6, 6.07) is 14.2. The first-order valence-electron chi connectivity index (χ1n) is 9.68. The number of carbonyl (C=O) groups excluding carboxylic acids is 1. The van der Waals surface area contributed by atoms with E-state index in [1.807, 2.05) is 35.2 Å². The third kappa shape index (κ3) is 3.09. The van der Waals surface area contributed by atoms with Gasteiger partial charge in [0.25, 0.3) is 5.91 Å². The minimum Gasteiger partial charge on any atom is -0.507 e. The van der Waals surface area contributed by atoms with E-state index in [-0.39, 0.29) is 23.8 Å². The zero-order chi connectivity index (χ0) is 20.0. The van der Waals surface area contributed by atoms with Crippen LogP contribution in [0.15, 0.2) is 48.5 Å². The van der Waals surface area contributed by atoms with Crippen molar-refractivity contribution in [1.29, 1.82) is 0 Å². The molecule has 1 fully saturated rings. The van der Waals surface area contributed by atoms with E-state index in [4.69, 9.17) is 16.3 Å². The van der Waals surface area contributed by atoms with Crippen LogP contribution in [0.3, 0.4) is 0 Å². The molecular formula is C22H20ClN3O3. The summed E-state index contributed by atoms with van der Waals surface area (Å²) in [5.41, 5.74) is 3.28. The number of amides is 1. The summed E-state index contributed by atoms with van der Waals surface area (Å²) in [7, 11) is 0. The number of halogens is 1. The molecule has 7 heteroatoms. The quantitative estimate of drug-likeness (QED) is 0.678. The number of rotatable bonds is 4. The molecule has 0 radical (unpaired) electrons. The Morgan fingerprint density at radius 1 is 1.24 bits per heavy atom. The van der Waals surface area contributed by atoms with E-state index in [1.165, 1.54) is 0 Å². The van der Waals surface area contributed by atoms with Gasteiger partial charge in [-0.25, -0.2) is 0 Å². The third-order valence-corrected chi connectivity index (χ3v) is 5.85. The SMILES string of the molecule is O=C1c2[nH]nc(-c3ccccc3O)c2[C@@H](c2cccc(Cl)c2)N1C[C@H]1CCCO1. The van der Waals surface area contributed by atoms with Gasteiger partial charge in [0.2, 0.25) is 0 Å². The second-order valence-corrected chi connectivity index (χ2v) is 7.86. The Labute approximate surface area is 173 Å². The highest BCUT2D eigenvalue weighted by molar-refractivity contribution is 6.30. The van der Waals surface area contributed by atoms with Gasteiger partial charge in [0.15, 0.2) is 0 Å². The first-order valence-corrected chi connectivity index (χ1v) is 10.1. The summed E-state index contributed by atoms with van der Waals surface area (Å²) in [6.45, 7) is 1.23. The maximum Gasteiger partial charge on any atom is 0.273 e. The first-order chi connectivity index (χ1) is 14.1. The molecule has 2 aliphatic rings. The van der Waals surface area contributed by atoms with Crippen LogP contribution in [0.2, 0.25) is 5.02 Å². The lowest BCUT2D eigenvalue weighted by Gasteiger charge is -2.28. The van der Waals surface area contributed by atoms with E-state index in [9.17, 15) is 9.90 Å². The number of aromatic amines is 1. The number of ether oxygens (including phenoxy) is 1. The van der Waals surface area contributed by atoms with Gasteiger partial charge in [-0.15, -0.1) is 0 Å². The molecular weight excluding hydrogens is 390 g/mol. The number of hydrogen-bond donors (Lipinski definition) is 2. The molecule has 0 aliphatic carbocycles. The number of nitrogens with zero attached hydrogens (tertiary/aromatic N) is 2. The van der Waals surface area contributed by atoms with E-state index >= 15 is 0 Å². The Morgan fingerprint density at radius 3 is 2.86 bits per heavy atom. The maximum atomic E-state index is 13.3. The molecule has 0 bridgehead atoms. The Bertz CT molecular complexity index is 1070. The minimum atomic E-state index is -0.353. The van der Waals surface area contributed by atoms with Crippen molar-refractivity contribution in [3.63, 3.8) is 0 Å². The van der Waals surface area contributed by atoms with Crippen LogP contribution in [0.5, 0.6) is 5.75 Å². The number of H-pyrrole nitrogens is 1. The van der Waals surface area contributed by atoms with Gasteiger partial charge in [0, 0.05) is 29.3 Å². The highest BCUT2D eigenvalue weighted by Gasteiger charge is 2.43. The van der Waals surface area contributed by atoms with Crippen LogP contribution in [0.25, 0.3) is 11.3 Å². The summed E-state index contributed by atoms with van der Waals surface area (Å²) in [6.07, 6.45) is 1.96. The van der Waals surface area contributed by atoms with E-state index in [1.54, 1.807) is 18.2 Å². The van der Waals surface area contributed by atoms with Crippen LogP contribution in [0.4, 0.5) is 0 Å². The molecule has 0 saturated carbocycles. The molecule has 3 heterocycles. The lowest BCUT2D eigenvalue weighted by atomic mass is 9.95. The number of para-hydroxylation sites is 1. The van der Waals surface area contributed by atoms with Crippen LogP contribution in [-0.4, -0.2) is 45.4 Å². The molecule has 29 heavy (non-hydrogen) atoms. The molecule has 1 aromatic heterocycles. The average molecular weight is 410 g/mol. The Morgan fingerprint density at radius 2 is 2.10 bits per heavy atom. The lowest BCUT2D eigenvalue weighted by Crippen LogP contribution is -2.36. The van der Waals surface area contributed by atoms with Crippen LogP contribution < -0.4 is 0 Å². The van der Waals surface area contributed by atoms with Gasteiger partial charge < -0.3 is 14.7 Å². The number of phenolic OH excluding ortho intramolecular Hbond substituents is 1. The van der Waals surface area contributed by atoms with Gasteiger partial charge in [-0.1, -0.05) is 35.9 Å². The third-order valence-electron chi connectivity index (χ3n) is 5.61. The molecule has 0 spiro atoms. The van der Waals surface area contributed by atoms with Crippen molar-refractivity contribution in [2.24, 2.45) is 0 Å². The smallest absolute Gasteiger partial charge is 0.273 e. The number of phenols is 1. The van der Waals surface area contributed by atoms with E-state index in [0.717, 1.165) is 30.6 Å². The summed E-state index contributed by atoms with van der Waals surface area (Å²) in [4.78, 5) is 15.1. The van der Waals surface area contributed by atoms with Crippen LogP contribution >= 0.6 is 11.6 Å². The summed E-state index contributed by atoms with van der Waals surface area (Å²) in [5, 5.41) is 18.3. The van der Waals surface area contributed by atoms with E-state index in [2.05, 4.69) is 10.2 Å². The van der Waals surface area contributed by atoms with Crippen LogP contribution in [0.1, 0.15) is 40.5 Å². The van der Waals surface area contributed by atoms with Crippen molar-refractivity contribution >= 4 is 17.5 Å². The number of aromatic nitrogens is 2. The highest BCUT2D eigenvalue weighted by atomic mass is 35.5. The van der Waals surface area contributed by atoms with Crippen molar-refractivity contribution < 1.29 is 14.6 Å². The Balaban J connectivity index is 1.65. The molecule has 5 rings (SSSR count). The van der Waals surface area contributed by atoms with Crippen LogP contribution in [0, 0.1) is 0 Å². The topological polar surface area (TPSA) is 78.5 Å². The largest absolute Gasteiger partial charge is 0.507 e. The molecule has 1 amide bonds. The summed E-state index contributed by atoms with van der Waals surface area (Å²) >= 11 is 6.27. The van der Waals surface area contributed by atoms with Crippen molar-refractivity contribution in [2.75, 3.05) is 13.2 Å².